The largest absolute Gasteiger partial charge is 0.418 e. The Kier molecular flexibility index (Phi) is 3.02. The van der Waals surface area contributed by atoms with Gasteiger partial charge in [-0.15, -0.1) is 0 Å². The minimum absolute atomic E-state index is 0.134. The maximum Gasteiger partial charge on any atom is 0.247 e. The van der Waals surface area contributed by atoms with E-state index in [-0.39, 0.29) is 5.41 Å². The summed E-state index contributed by atoms with van der Waals surface area (Å²) in [5, 5.41) is 0.556. The van der Waals surface area contributed by atoms with Crippen LogP contribution in [0.25, 0.3) is 22.7 Å². The Morgan fingerprint density at radius 1 is 1.10 bits per heavy atom. The van der Waals surface area contributed by atoms with E-state index in [1.807, 2.05) is 12.1 Å². The molecule has 0 radical (unpaired) electrons. The van der Waals surface area contributed by atoms with Crippen LogP contribution in [0.2, 0.25) is 5.02 Å². The number of rotatable bonds is 1. The van der Waals surface area contributed by atoms with Gasteiger partial charge in [-0.05, 0) is 29.2 Å². The van der Waals surface area contributed by atoms with Crippen molar-refractivity contribution < 1.29 is 4.42 Å². The second-order valence-electron chi connectivity index (χ2n) is 5.82. The molecule has 0 aliphatic heterocycles. The summed E-state index contributed by atoms with van der Waals surface area (Å²) < 4.78 is 5.65. The molecular weight excluding hydrogens is 272 g/mol. The monoisotopic (exact) mass is 286 g/mol. The highest BCUT2D eigenvalue weighted by molar-refractivity contribution is 6.30. The van der Waals surface area contributed by atoms with E-state index < -0.39 is 0 Å². The molecule has 0 aliphatic rings. The molecule has 3 nitrogen and oxygen atoms in total. The minimum atomic E-state index is 0.134. The number of halogens is 1. The van der Waals surface area contributed by atoms with E-state index in [0.29, 0.717) is 22.1 Å². The van der Waals surface area contributed by atoms with Gasteiger partial charge in [-0.3, -0.25) is 0 Å². The molecule has 0 aliphatic carbocycles. The van der Waals surface area contributed by atoms with Gasteiger partial charge in [0.25, 0.3) is 0 Å². The number of aromatic nitrogens is 2. The van der Waals surface area contributed by atoms with E-state index in [2.05, 4.69) is 42.9 Å². The Morgan fingerprint density at radius 3 is 2.45 bits per heavy atom. The van der Waals surface area contributed by atoms with Gasteiger partial charge in [0.05, 0.1) is 5.02 Å². The first kappa shape index (κ1) is 13.1. The third kappa shape index (κ3) is 2.41. The van der Waals surface area contributed by atoms with Crippen LogP contribution >= 0.6 is 11.6 Å². The van der Waals surface area contributed by atoms with E-state index in [0.717, 1.165) is 5.56 Å². The van der Waals surface area contributed by atoms with E-state index in [4.69, 9.17) is 16.0 Å². The van der Waals surface area contributed by atoms with Crippen molar-refractivity contribution in [1.82, 2.24) is 9.97 Å². The van der Waals surface area contributed by atoms with Gasteiger partial charge < -0.3 is 4.42 Å². The van der Waals surface area contributed by atoms with Gasteiger partial charge in [-0.25, -0.2) is 9.97 Å². The van der Waals surface area contributed by atoms with Crippen LogP contribution in [-0.4, -0.2) is 9.97 Å². The smallest absolute Gasteiger partial charge is 0.247 e. The minimum Gasteiger partial charge on any atom is -0.418 e. The van der Waals surface area contributed by atoms with Gasteiger partial charge in [-0.2, -0.15) is 0 Å². The summed E-state index contributed by atoms with van der Waals surface area (Å²) in [7, 11) is 0. The van der Waals surface area contributed by atoms with Crippen LogP contribution in [0.15, 0.2) is 40.9 Å². The van der Waals surface area contributed by atoms with Crippen LogP contribution in [0, 0.1) is 0 Å². The molecule has 0 saturated carbocycles. The fourth-order valence-corrected chi connectivity index (χ4v) is 2.19. The average molecular weight is 287 g/mol. The predicted octanol–water partition coefficient (Wildman–Crippen LogP) is 4.84. The van der Waals surface area contributed by atoms with Gasteiger partial charge in [0.1, 0.15) is 5.52 Å². The fraction of sp³-hybridized carbons (Fsp3) is 0.250. The average Bonchev–Trinajstić information content (AvgIpc) is 2.80. The van der Waals surface area contributed by atoms with Crippen LogP contribution < -0.4 is 0 Å². The normalized spacial score (nSPS) is 12.0. The van der Waals surface area contributed by atoms with Crippen LogP contribution in [-0.2, 0) is 5.41 Å². The van der Waals surface area contributed by atoms with Gasteiger partial charge >= 0.3 is 0 Å². The molecule has 2 heterocycles. The summed E-state index contributed by atoms with van der Waals surface area (Å²) in [4.78, 5) is 8.54. The SMILES string of the molecule is CC(C)(C)c1ccc(-c2nc3cc(Cl)cnc3o2)cc1. The Bertz CT molecular complexity index is 754. The summed E-state index contributed by atoms with van der Waals surface area (Å²) in [5.41, 5.74) is 3.52. The molecule has 0 N–H and O–H groups in total. The summed E-state index contributed by atoms with van der Waals surface area (Å²) in [6.45, 7) is 6.56. The number of oxazole rings is 1. The van der Waals surface area contributed by atoms with Gasteiger partial charge in [0.15, 0.2) is 0 Å². The zero-order valence-corrected chi connectivity index (χ0v) is 12.4. The number of pyridine rings is 1. The first-order valence-corrected chi connectivity index (χ1v) is 6.84. The molecule has 0 amide bonds. The van der Waals surface area contributed by atoms with Crippen molar-refractivity contribution in [2.45, 2.75) is 26.2 Å². The molecule has 0 spiro atoms. The highest BCUT2D eigenvalue weighted by Crippen LogP contribution is 2.27. The van der Waals surface area contributed by atoms with Crippen LogP contribution in [0.3, 0.4) is 0 Å². The molecule has 102 valence electrons. The molecule has 0 unspecified atom stereocenters. The molecular formula is C16H15ClN2O. The van der Waals surface area contributed by atoms with Crippen LogP contribution in [0.5, 0.6) is 0 Å². The Hall–Kier alpha value is -1.87. The molecule has 0 saturated heterocycles. The first-order valence-electron chi connectivity index (χ1n) is 6.46. The molecule has 2 aromatic heterocycles. The lowest BCUT2D eigenvalue weighted by molar-refractivity contribution is 0.589. The zero-order valence-electron chi connectivity index (χ0n) is 11.6. The van der Waals surface area contributed by atoms with Crippen molar-refractivity contribution in [2.24, 2.45) is 0 Å². The van der Waals surface area contributed by atoms with E-state index >= 15 is 0 Å². The third-order valence-corrected chi connectivity index (χ3v) is 3.42. The molecule has 0 atom stereocenters. The summed E-state index contributed by atoms with van der Waals surface area (Å²) in [6.07, 6.45) is 1.56. The third-order valence-electron chi connectivity index (χ3n) is 3.21. The molecule has 1 aromatic carbocycles. The van der Waals surface area contributed by atoms with Crippen molar-refractivity contribution in [3.05, 3.63) is 47.1 Å². The molecule has 0 fully saturated rings. The standard InChI is InChI=1S/C16H15ClN2O/c1-16(2,3)11-6-4-10(5-7-11)14-19-13-8-12(17)9-18-15(13)20-14/h4-9H,1-3H3. The number of hydrogen-bond acceptors (Lipinski definition) is 3. The Morgan fingerprint density at radius 2 is 1.80 bits per heavy atom. The highest BCUT2D eigenvalue weighted by atomic mass is 35.5. The molecule has 20 heavy (non-hydrogen) atoms. The lowest BCUT2D eigenvalue weighted by Crippen LogP contribution is -2.10. The van der Waals surface area contributed by atoms with Crippen molar-refractivity contribution >= 4 is 22.8 Å². The maximum atomic E-state index is 5.90. The summed E-state index contributed by atoms with van der Waals surface area (Å²) in [6, 6.07) is 10.00. The second kappa shape index (κ2) is 4.60. The van der Waals surface area contributed by atoms with E-state index in [9.17, 15) is 0 Å². The number of nitrogens with zero attached hydrogens (tertiary/aromatic N) is 2. The van der Waals surface area contributed by atoms with Crippen molar-refractivity contribution in [3.63, 3.8) is 0 Å². The van der Waals surface area contributed by atoms with Crippen LogP contribution in [0.4, 0.5) is 0 Å². The topological polar surface area (TPSA) is 38.9 Å². The summed E-state index contributed by atoms with van der Waals surface area (Å²) in [5.74, 6) is 0.565. The highest BCUT2D eigenvalue weighted by Gasteiger charge is 2.14. The lowest BCUT2D eigenvalue weighted by atomic mass is 9.87. The quantitative estimate of drug-likeness (QED) is 0.642. The molecule has 4 heteroatoms. The van der Waals surface area contributed by atoms with Crippen molar-refractivity contribution in [1.29, 1.82) is 0 Å². The number of benzene rings is 1. The molecule has 3 rings (SSSR count). The maximum absolute atomic E-state index is 5.90. The Balaban J connectivity index is 2.02. The van der Waals surface area contributed by atoms with E-state index in [1.54, 1.807) is 12.3 Å². The van der Waals surface area contributed by atoms with Gasteiger partial charge in [0, 0.05) is 11.8 Å². The van der Waals surface area contributed by atoms with Crippen molar-refractivity contribution in [3.8, 4) is 11.5 Å². The second-order valence-corrected chi connectivity index (χ2v) is 6.26. The lowest BCUT2D eigenvalue weighted by Gasteiger charge is -2.18. The van der Waals surface area contributed by atoms with Crippen LogP contribution in [0.1, 0.15) is 26.3 Å². The van der Waals surface area contributed by atoms with Gasteiger partial charge in [-0.1, -0.05) is 44.5 Å². The molecule has 3 aromatic rings. The predicted molar refractivity (Wildman–Crippen MR) is 81.0 cm³/mol. The molecule has 0 bridgehead atoms. The fourth-order valence-electron chi connectivity index (χ4n) is 2.03. The number of fused-ring (bicyclic) bond motifs is 1. The summed E-state index contributed by atoms with van der Waals surface area (Å²) >= 11 is 5.90. The Labute approximate surface area is 122 Å². The zero-order chi connectivity index (χ0) is 14.3. The van der Waals surface area contributed by atoms with Crippen molar-refractivity contribution in [2.75, 3.05) is 0 Å². The first-order chi connectivity index (χ1) is 9.43. The van der Waals surface area contributed by atoms with E-state index in [1.165, 1.54) is 5.56 Å². The number of hydrogen-bond donors (Lipinski definition) is 0. The van der Waals surface area contributed by atoms with Gasteiger partial charge in [0.2, 0.25) is 11.6 Å².